The molecule has 0 aliphatic carbocycles. The van der Waals surface area contributed by atoms with E-state index in [9.17, 15) is 9.59 Å². The highest BCUT2D eigenvalue weighted by Crippen LogP contribution is 2.22. The largest absolute Gasteiger partial charge is 0.356 e. The van der Waals surface area contributed by atoms with E-state index in [-0.39, 0.29) is 18.2 Å². The van der Waals surface area contributed by atoms with Gasteiger partial charge in [0, 0.05) is 24.7 Å². The Hall–Kier alpha value is -3.22. The Labute approximate surface area is 223 Å². The summed E-state index contributed by atoms with van der Waals surface area (Å²) in [6.07, 6.45) is 2.22. The maximum Gasteiger partial charge on any atom is 0.252 e. The van der Waals surface area contributed by atoms with Crippen molar-refractivity contribution in [2.24, 2.45) is 0 Å². The molecule has 0 bridgehead atoms. The number of hydrogen-bond donors (Lipinski definition) is 1. The smallest absolute Gasteiger partial charge is 0.252 e. The molecule has 0 aromatic heterocycles. The van der Waals surface area contributed by atoms with Crippen LogP contribution in [-0.2, 0) is 28.9 Å². The zero-order chi connectivity index (χ0) is 25.3. The first kappa shape index (κ1) is 25.9. The van der Waals surface area contributed by atoms with Gasteiger partial charge in [-0.05, 0) is 60.3 Å². The topological polar surface area (TPSA) is 52.7 Å². The Bertz CT molecular complexity index is 1170. The lowest BCUT2D eigenvalue weighted by atomic mass is 10.1. The molecule has 2 amide bonds. The molecule has 186 valence electrons. The second-order valence-electron chi connectivity index (χ2n) is 8.88. The van der Waals surface area contributed by atoms with Crippen molar-refractivity contribution in [3.8, 4) is 0 Å². The summed E-state index contributed by atoms with van der Waals surface area (Å²) in [6.45, 7) is 1.57. The van der Waals surface area contributed by atoms with E-state index in [2.05, 4.69) is 5.32 Å². The number of halogens is 1. The number of carbonyl (C=O) groups is 2. The molecule has 0 radical (unpaired) electrons. The fourth-order valence-corrected chi connectivity index (χ4v) is 4.90. The summed E-state index contributed by atoms with van der Waals surface area (Å²) in [5.74, 6) is -0.251. The number of carbonyl (C=O) groups excluding carboxylic acids is 2. The Morgan fingerprint density at radius 3 is 2.00 bits per heavy atom. The number of rotatable bonds is 11. The van der Waals surface area contributed by atoms with Gasteiger partial charge in [0.05, 0.1) is 6.42 Å². The Balaban J connectivity index is 1.40. The summed E-state index contributed by atoms with van der Waals surface area (Å²) in [6, 6.07) is 27.1. The van der Waals surface area contributed by atoms with Crippen molar-refractivity contribution < 1.29 is 9.59 Å². The molecule has 1 atom stereocenters. The van der Waals surface area contributed by atoms with Gasteiger partial charge >= 0.3 is 0 Å². The zero-order valence-electron chi connectivity index (χ0n) is 20.1. The zero-order valence-corrected chi connectivity index (χ0v) is 21.7. The minimum Gasteiger partial charge on any atom is -0.356 e. The third-order valence-corrected chi connectivity index (χ3v) is 7.09. The molecular weight excluding hydrogens is 490 g/mol. The second-order valence-corrected chi connectivity index (χ2v) is 9.68. The van der Waals surface area contributed by atoms with Crippen LogP contribution in [0, 0.1) is 0 Å². The van der Waals surface area contributed by atoms with Gasteiger partial charge in [-0.3, -0.25) is 14.5 Å². The molecule has 4 rings (SSSR count). The quantitative estimate of drug-likeness (QED) is 0.374. The summed E-state index contributed by atoms with van der Waals surface area (Å²) >= 11 is 11.8. The van der Waals surface area contributed by atoms with Crippen molar-refractivity contribution in [3.05, 3.63) is 107 Å². The van der Waals surface area contributed by atoms with Gasteiger partial charge in [-0.15, -0.1) is 0 Å². The molecule has 7 heteroatoms. The van der Waals surface area contributed by atoms with Crippen LogP contribution in [0.1, 0.15) is 23.1 Å². The second kappa shape index (κ2) is 12.7. The fourth-order valence-electron chi connectivity index (χ4n) is 4.38. The van der Waals surface area contributed by atoms with Gasteiger partial charge in [0.25, 0.3) is 5.91 Å². The van der Waals surface area contributed by atoms with E-state index < -0.39 is 6.04 Å². The molecule has 0 unspecified atom stereocenters. The highest BCUT2D eigenvalue weighted by Gasteiger charge is 2.42. The number of thiocarbonyl (C=S) groups is 1. The van der Waals surface area contributed by atoms with E-state index in [0.717, 1.165) is 23.1 Å². The SMILES string of the molecule is O=C(C[C@H]1C(=O)N(CCc2ccccc2)C(=S)N1CCc1ccc(Cl)cc1)NCCc1ccccc1. The molecule has 3 aromatic carbocycles. The van der Waals surface area contributed by atoms with Gasteiger partial charge in [-0.25, -0.2) is 0 Å². The lowest BCUT2D eigenvalue weighted by Crippen LogP contribution is -2.40. The monoisotopic (exact) mass is 519 g/mol. The van der Waals surface area contributed by atoms with E-state index >= 15 is 0 Å². The van der Waals surface area contributed by atoms with E-state index in [1.54, 1.807) is 4.90 Å². The molecule has 0 spiro atoms. The van der Waals surface area contributed by atoms with Gasteiger partial charge in [-0.2, -0.15) is 0 Å². The van der Waals surface area contributed by atoms with Crippen LogP contribution >= 0.6 is 23.8 Å². The standard InChI is InChI=1S/C29H30ClN3O2S/c30-25-13-11-24(12-14-25)16-19-32-26(21-27(34)31-18-15-22-7-3-1-4-8-22)28(35)33(29(32)36)20-17-23-9-5-2-6-10-23/h1-14,26H,15-21H2,(H,31,34)/t26-/m0/s1. The van der Waals surface area contributed by atoms with Crippen LogP contribution in [0.5, 0.6) is 0 Å². The molecule has 36 heavy (non-hydrogen) atoms. The molecule has 1 saturated heterocycles. The number of amides is 2. The summed E-state index contributed by atoms with van der Waals surface area (Å²) in [5, 5.41) is 4.15. The van der Waals surface area contributed by atoms with Crippen LogP contribution < -0.4 is 5.32 Å². The first-order valence-electron chi connectivity index (χ1n) is 12.2. The summed E-state index contributed by atoms with van der Waals surface area (Å²) in [4.78, 5) is 29.8. The van der Waals surface area contributed by atoms with Gasteiger partial charge in [0.1, 0.15) is 6.04 Å². The fraction of sp³-hybridized carbons (Fsp3) is 0.276. The van der Waals surface area contributed by atoms with E-state index in [1.807, 2.05) is 89.8 Å². The van der Waals surface area contributed by atoms with Crippen molar-refractivity contribution in [2.45, 2.75) is 31.7 Å². The lowest BCUT2D eigenvalue weighted by Gasteiger charge is -2.24. The molecule has 1 fully saturated rings. The van der Waals surface area contributed by atoms with Gasteiger partial charge < -0.3 is 10.2 Å². The molecule has 1 aliphatic heterocycles. The van der Waals surface area contributed by atoms with Crippen LogP contribution in [0.3, 0.4) is 0 Å². The molecule has 5 nitrogen and oxygen atoms in total. The van der Waals surface area contributed by atoms with Gasteiger partial charge in [0.2, 0.25) is 5.91 Å². The summed E-state index contributed by atoms with van der Waals surface area (Å²) in [7, 11) is 0. The van der Waals surface area contributed by atoms with Crippen molar-refractivity contribution in [3.63, 3.8) is 0 Å². The van der Waals surface area contributed by atoms with E-state index in [1.165, 1.54) is 0 Å². The summed E-state index contributed by atoms with van der Waals surface area (Å²) in [5.41, 5.74) is 3.40. The maximum absolute atomic E-state index is 13.4. The van der Waals surface area contributed by atoms with Crippen molar-refractivity contribution >= 4 is 40.7 Å². The highest BCUT2D eigenvalue weighted by atomic mass is 35.5. The average molecular weight is 520 g/mol. The van der Waals surface area contributed by atoms with Crippen LogP contribution in [0.4, 0.5) is 0 Å². The Morgan fingerprint density at radius 1 is 0.806 bits per heavy atom. The number of nitrogens with zero attached hydrogens (tertiary/aromatic N) is 2. The van der Waals surface area contributed by atoms with Crippen LogP contribution in [0.2, 0.25) is 5.02 Å². The number of nitrogens with one attached hydrogen (secondary N) is 1. The Morgan fingerprint density at radius 2 is 1.36 bits per heavy atom. The van der Waals surface area contributed by atoms with Crippen molar-refractivity contribution in [1.29, 1.82) is 0 Å². The minimum absolute atomic E-state index is 0.0796. The third kappa shape index (κ3) is 6.93. The molecular formula is C29H30ClN3O2S. The van der Waals surface area contributed by atoms with Gasteiger partial charge in [-0.1, -0.05) is 84.4 Å². The van der Waals surface area contributed by atoms with Crippen molar-refractivity contribution in [2.75, 3.05) is 19.6 Å². The minimum atomic E-state index is -0.600. The van der Waals surface area contributed by atoms with Crippen LogP contribution in [0.25, 0.3) is 0 Å². The number of benzene rings is 3. The maximum atomic E-state index is 13.4. The van der Waals surface area contributed by atoms with Gasteiger partial charge in [0.15, 0.2) is 5.11 Å². The normalized spacial score (nSPS) is 15.4. The molecule has 1 aliphatic rings. The first-order chi connectivity index (χ1) is 17.5. The molecule has 1 heterocycles. The predicted octanol–water partition coefficient (Wildman–Crippen LogP) is 4.67. The lowest BCUT2D eigenvalue weighted by molar-refractivity contribution is -0.131. The highest BCUT2D eigenvalue weighted by molar-refractivity contribution is 7.80. The Kier molecular flexibility index (Phi) is 9.09. The first-order valence-corrected chi connectivity index (χ1v) is 13.0. The molecule has 0 saturated carbocycles. The average Bonchev–Trinajstić information content (AvgIpc) is 3.11. The van der Waals surface area contributed by atoms with Crippen molar-refractivity contribution in [1.82, 2.24) is 15.1 Å². The summed E-state index contributed by atoms with van der Waals surface area (Å²) < 4.78 is 0. The third-order valence-electron chi connectivity index (χ3n) is 6.38. The van der Waals surface area contributed by atoms with Crippen LogP contribution in [-0.4, -0.2) is 52.4 Å². The molecule has 3 aromatic rings. The predicted molar refractivity (Wildman–Crippen MR) is 148 cm³/mol. The number of hydrogen-bond acceptors (Lipinski definition) is 3. The van der Waals surface area contributed by atoms with E-state index in [0.29, 0.717) is 42.6 Å². The van der Waals surface area contributed by atoms with E-state index in [4.69, 9.17) is 23.8 Å². The van der Waals surface area contributed by atoms with Crippen LogP contribution in [0.15, 0.2) is 84.9 Å². The molecule has 1 N–H and O–H groups in total.